The molecule has 0 spiro atoms. The van der Waals surface area contributed by atoms with Crippen LogP contribution >= 0.6 is 0 Å². The number of fused-ring (bicyclic) bond motifs is 2. The average molecular weight is 507 g/mol. The van der Waals surface area contributed by atoms with Crippen LogP contribution in [0.2, 0.25) is 0 Å². The first-order valence-corrected chi connectivity index (χ1v) is 13.1. The molecule has 0 bridgehead atoms. The molecule has 0 radical (unpaired) electrons. The van der Waals surface area contributed by atoms with E-state index in [2.05, 4.69) is 11.8 Å². The third kappa shape index (κ3) is 5.37. The number of carbonyl (C=O) groups excluding carboxylic acids is 1. The zero-order valence-corrected chi connectivity index (χ0v) is 22.8. The third-order valence-electron chi connectivity index (χ3n) is 7.10. The van der Waals surface area contributed by atoms with Gasteiger partial charge in [0.15, 0.2) is 16.9 Å². The number of carbonyl (C=O) groups is 1. The van der Waals surface area contributed by atoms with Crippen LogP contribution in [0.4, 0.5) is 0 Å². The van der Waals surface area contributed by atoms with Crippen molar-refractivity contribution in [1.82, 2.24) is 9.80 Å². The van der Waals surface area contributed by atoms with Crippen LogP contribution in [-0.2, 0) is 0 Å². The molecule has 37 heavy (non-hydrogen) atoms. The van der Waals surface area contributed by atoms with Gasteiger partial charge in [-0.25, -0.2) is 0 Å². The fraction of sp³-hybridized carbons (Fsp3) is 0.467. The molecule has 1 aromatic heterocycles. The Hall–Kier alpha value is -3.32. The largest absolute Gasteiger partial charge is 0.493 e. The molecule has 198 valence electrons. The Morgan fingerprint density at radius 1 is 1.00 bits per heavy atom. The number of nitrogens with zero attached hydrogens (tertiary/aromatic N) is 2. The van der Waals surface area contributed by atoms with Gasteiger partial charge in [-0.3, -0.25) is 9.59 Å². The second-order valence-corrected chi connectivity index (χ2v) is 10.1. The summed E-state index contributed by atoms with van der Waals surface area (Å²) in [5, 5.41) is 0.498. The van der Waals surface area contributed by atoms with E-state index in [1.165, 1.54) is 0 Å². The first-order valence-electron chi connectivity index (χ1n) is 13.1. The highest BCUT2D eigenvalue weighted by Gasteiger charge is 2.42. The fourth-order valence-corrected chi connectivity index (χ4v) is 4.92. The predicted octanol–water partition coefficient (Wildman–Crippen LogP) is 5.48. The number of unbranched alkanes of at least 4 members (excludes halogenated alkanes) is 2. The van der Waals surface area contributed by atoms with Crippen molar-refractivity contribution < 1.29 is 18.7 Å². The van der Waals surface area contributed by atoms with E-state index >= 15 is 0 Å². The fourth-order valence-electron chi connectivity index (χ4n) is 4.92. The lowest BCUT2D eigenvalue weighted by Gasteiger charge is -2.26. The van der Waals surface area contributed by atoms with Crippen LogP contribution in [0, 0.1) is 13.8 Å². The smallest absolute Gasteiger partial charge is 0.290 e. The Morgan fingerprint density at radius 3 is 2.46 bits per heavy atom. The van der Waals surface area contributed by atoms with Crippen molar-refractivity contribution in [3.63, 3.8) is 0 Å². The van der Waals surface area contributed by atoms with E-state index in [9.17, 15) is 9.59 Å². The van der Waals surface area contributed by atoms with E-state index in [0.717, 1.165) is 48.9 Å². The number of methoxy groups -OCH3 is 1. The molecule has 4 rings (SSSR count). The van der Waals surface area contributed by atoms with Crippen molar-refractivity contribution >= 4 is 16.9 Å². The quantitative estimate of drug-likeness (QED) is 0.321. The van der Waals surface area contributed by atoms with Crippen molar-refractivity contribution in [3.8, 4) is 11.5 Å². The molecule has 0 N–H and O–H groups in total. The monoisotopic (exact) mass is 506 g/mol. The number of amides is 1. The highest BCUT2D eigenvalue weighted by atomic mass is 16.5. The van der Waals surface area contributed by atoms with Crippen LogP contribution in [0.25, 0.3) is 11.0 Å². The van der Waals surface area contributed by atoms with Gasteiger partial charge in [-0.1, -0.05) is 25.8 Å². The Bertz CT molecular complexity index is 1340. The predicted molar refractivity (Wildman–Crippen MR) is 146 cm³/mol. The lowest BCUT2D eigenvalue weighted by molar-refractivity contribution is 0.0722. The van der Waals surface area contributed by atoms with Gasteiger partial charge in [0, 0.05) is 6.54 Å². The number of aryl methyl sites for hydroxylation is 2. The van der Waals surface area contributed by atoms with Crippen molar-refractivity contribution in [2.24, 2.45) is 0 Å². The van der Waals surface area contributed by atoms with Crippen molar-refractivity contribution in [2.45, 2.75) is 52.5 Å². The number of hydrogen-bond acceptors (Lipinski definition) is 6. The maximum absolute atomic E-state index is 13.9. The van der Waals surface area contributed by atoms with Gasteiger partial charge in [0.05, 0.1) is 30.7 Å². The second kappa shape index (κ2) is 11.4. The summed E-state index contributed by atoms with van der Waals surface area (Å²) in [6.45, 7) is 8.03. The summed E-state index contributed by atoms with van der Waals surface area (Å²) in [5.41, 5.74) is 3.50. The molecule has 0 saturated carbocycles. The lowest BCUT2D eigenvalue weighted by Crippen LogP contribution is -2.32. The SMILES string of the molecule is CCCCCOc1ccc(C2c3c(oc4cc(C)c(C)cc4c3=O)C(=O)N2CCCN(C)C)cc1OC. The van der Waals surface area contributed by atoms with Crippen LogP contribution in [0.5, 0.6) is 11.5 Å². The topological polar surface area (TPSA) is 72.2 Å². The van der Waals surface area contributed by atoms with E-state index in [1.54, 1.807) is 12.0 Å². The summed E-state index contributed by atoms with van der Waals surface area (Å²) in [7, 11) is 5.61. The first-order chi connectivity index (χ1) is 17.8. The van der Waals surface area contributed by atoms with E-state index in [0.29, 0.717) is 41.2 Å². The molecule has 1 unspecified atom stereocenters. The Labute approximate surface area is 219 Å². The lowest BCUT2D eigenvalue weighted by atomic mass is 9.97. The normalized spacial score (nSPS) is 15.1. The minimum atomic E-state index is -0.560. The van der Waals surface area contributed by atoms with Gasteiger partial charge in [-0.15, -0.1) is 0 Å². The van der Waals surface area contributed by atoms with Gasteiger partial charge in [0.1, 0.15) is 5.58 Å². The van der Waals surface area contributed by atoms with E-state index in [1.807, 2.05) is 58.3 Å². The van der Waals surface area contributed by atoms with Gasteiger partial charge in [-0.05, 0) is 88.3 Å². The second-order valence-electron chi connectivity index (χ2n) is 10.1. The number of rotatable bonds is 11. The minimum absolute atomic E-state index is 0.134. The molecule has 1 atom stereocenters. The van der Waals surface area contributed by atoms with Gasteiger partial charge in [-0.2, -0.15) is 0 Å². The molecule has 7 nitrogen and oxygen atoms in total. The van der Waals surface area contributed by atoms with Crippen molar-refractivity contribution in [2.75, 3.05) is 40.9 Å². The van der Waals surface area contributed by atoms with Gasteiger partial charge in [0.2, 0.25) is 5.76 Å². The van der Waals surface area contributed by atoms with Crippen molar-refractivity contribution in [3.05, 3.63) is 68.6 Å². The summed E-state index contributed by atoms with van der Waals surface area (Å²) in [4.78, 5) is 31.4. The van der Waals surface area contributed by atoms with E-state index in [-0.39, 0.29) is 17.1 Å². The number of ether oxygens (including phenoxy) is 2. The summed E-state index contributed by atoms with van der Waals surface area (Å²) >= 11 is 0. The molecule has 2 heterocycles. The Balaban J connectivity index is 1.80. The molecule has 1 aliphatic rings. The maximum atomic E-state index is 13.9. The van der Waals surface area contributed by atoms with Crippen LogP contribution < -0.4 is 14.9 Å². The van der Waals surface area contributed by atoms with Crippen LogP contribution in [0.3, 0.4) is 0 Å². The highest BCUT2D eigenvalue weighted by molar-refractivity contribution is 5.99. The molecule has 0 aliphatic carbocycles. The third-order valence-corrected chi connectivity index (χ3v) is 7.10. The zero-order chi connectivity index (χ0) is 26.7. The highest BCUT2D eigenvalue weighted by Crippen LogP contribution is 2.41. The van der Waals surface area contributed by atoms with Crippen molar-refractivity contribution in [1.29, 1.82) is 0 Å². The van der Waals surface area contributed by atoms with Gasteiger partial charge >= 0.3 is 0 Å². The summed E-state index contributed by atoms with van der Waals surface area (Å²) in [6, 6.07) is 8.82. The van der Waals surface area contributed by atoms with Crippen LogP contribution in [-0.4, -0.2) is 56.6 Å². The Morgan fingerprint density at radius 2 is 1.76 bits per heavy atom. The molecule has 2 aromatic carbocycles. The Kier molecular flexibility index (Phi) is 8.22. The maximum Gasteiger partial charge on any atom is 0.290 e. The van der Waals surface area contributed by atoms with E-state index < -0.39 is 6.04 Å². The first kappa shape index (κ1) is 26.7. The minimum Gasteiger partial charge on any atom is -0.493 e. The summed E-state index contributed by atoms with van der Waals surface area (Å²) in [5.74, 6) is 1.12. The van der Waals surface area contributed by atoms with Crippen LogP contribution in [0.15, 0.2) is 39.5 Å². The van der Waals surface area contributed by atoms with Gasteiger partial charge < -0.3 is 23.7 Å². The molecule has 0 saturated heterocycles. The standard InChI is InChI=1S/C30H38N2O5/c1-7-8-9-15-36-23-12-11-21(18-25(23)35-6)27-26-28(33)22-16-19(2)20(3)17-24(22)37-29(26)30(34)32(27)14-10-13-31(4)5/h11-12,16-18,27H,7-10,13-15H2,1-6H3. The van der Waals surface area contributed by atoms with Gasteiger partial charge in [0.25, 0.3) is 5.91 Å². The molecule has 0 fully saturated rings. The molecular formula is C30H38N2O5. The van der Waals surface area contributed by atoms with Crippen LogP contribution in [0.1, 0.15) is 71.5 Å². The molecule has 3 aromatic rings. The molecule has 1 aliphatic heterocycles. The molecule has 7 heteroatoms. The number of benzene rings is 2. The average Bonchev–Trinajstić information content (AvgIpc) is 3.14. The summed E-state index contributed by atoms with van der Waals surface area (Å²) < 4.78 is 17.8. The van der Waals surface area contributed by atoms with E-state index in [4.69, 9.17) is 13.9 Å². The molecule has 1 amide bonds. The molecular weight excluding hydrogens is 468 g/mol. The zero-order valence-electron chi connectivity index (χ0n) is 22.8. The summed E-state index contributed by atoms with van der Waals surface area (Å²) in [6.07, 6.45) is 3.96. The number of hydrogen-bond donors (Lipinski definition) is 0.